The van der Waals surface area contributed by atoms with E-state index in [0.717, 1.165) is 5.92 Å². The molecule has 0 aromatic carbocycles. The van der Waals surface area contributed by atoms with Gasteiger partial charge in [-0.05, 0) is 44.0 Å². The zero-order valence-corrected chi connectivity index (χ0v) is 9.28. The molecule has 0 aromatic rings. The highest BCUT2D eigenvalue weighted by atomic mass is 32.2. The van der Waals surface area contributed by atoms with Crippen LogP contribution in [0.1, 0.15) is 26.2 Å². The highest BCUT2D eigenvalue weighted by Crippen LogP contribution is 2.19. The van der Waals surface area contributed by atoms with Crippen LogP contribution in [0.3, 0.4) is 0 Å². The maximum absolute atomic E-state index is 8.84. The van der Waals surface area contributed by atoms with Crippen molar-refractivity contribution in [3.63, 3.8) is 0 Å². The minimum atomic E-state index is 0.313. The van der Waals surface area contributed by atoms with Crippen LogP contribution in [-0.4, -0.2) is 35.8 Å². The van der Waals surface area contributed by atoms with Crippen LogP contribution in [-0.2, 0) is 0 Å². The van der Waals surface area contributed by atoms with Crippen molar-refractivity contribution in [3.8, 4) is 0 Å². The van der Waals surface area contributed by atoms with Gasteiger partial charge in [-0.25, -0.2) is 0 Å². The van der Waals surface area contributed by atoms with Gasteiger partial charge in [0, 0.05) is 5.25 Å². The van der Waals surface area contributed by atoms with Crippen molar-refractivity contribution in [2.75, 3.05) is 25.4 Å². The van der Waals surface area contributed by atoms with Gasteiger partial charge in [-0.3, -0.25) is 0 Å². The smallest absolute Gasteiger partial charge is 0.0547 e. The van der Waals surface area contributed by atoms with Crippen molar-refractivity contribution in [2.45, 2.75) is 31.4 Å². The first-order valence-electron chi connectivity index (χ1n) is 5.26. The minimum Gasteiger partial charge on any atom is -0.395 e. The van der Waals surface area contributed by atoms with Crippen molar-refractivity contribution in [3.05, 3.63) is 0 Å². The number of aliphatic hydroxyl groups excluding tert-OH is 1. The Morgan fingerprint density at radius 1 is 1.62 bits per heavy atom. The van der Waals surface area contributed by atoms with E-state index in [0.29, 0.717) is 11.9 Å². The molecule has 0 amide bonds. The van der Waals surface area contributed by atoms with E-state index >= 15 is 0 Å². The molecular formula is C10H21NOS. The third-order valence-corrected chi connectivity index (χ3v) is 3.77. The molecule has 1 aliphatic heterocycles. The lowest BCUT2D eigenvalue weighted by atomic mass is 9.97. The Morgan fingerprint density at radius 3 is 3.08 bits per heavy atom. The van der Waals surface area contributed by atoms with Crippen molar-refractivity contribution >= 4 is 11.8 Å². The van der Waals surface area contributed by atoms with Crippen molar-refractivity contribution in [2.24, 2.45) is 5.92 Å². The molecule has 0 bridgehead atoms. The highest BCUT2D eigenvalue weighted by Gasteiger charge is 2.12. The summed E-state index contributed by atoms with van der Waals surface area (Å²) < 4.78 is 0. The molecule has 2 atom stereocenters. The number of piperidine rings is 1. The maximum Gasteiger partial charge on any atom is 0.0547 e. The molecule has 1 aliphatic rings. The van der Waals surface area contributed by atoms with E-state index in [9.17, 15) is 0 Å². The quantitative estimate of drug-likeness (QED) is 0.710. The van der Waals surface area contributed by atoms with Gasteiger partial charge in [0.15, 0.2) is 0 Å². The molecule has 1 saturated heterocycles. The van der Waals surface area contributed by atoms with Crippen molar-refractivity contribution in [1.82, 2.24) is 5.32 Å². The van der Waals surface area contributed by atoms with Crippen LogP contribution in [0.25, 0.3) is 0 Å². The van der Waals surface area contributed by atoms with Gasteiger partial charge in [-0.15, -0.1) is 0 Å². The Morgan fingerprint density at radius 2 is 2.46 bits per heavy atom. The molecule has 1 rings (SSSR count). The maximum atomic E-state index is 8.84. The second-order valence-corrected chi connectivity index (χ2v) is 5.41. The average molecular weight is 203 g/mol. The molecule has 1 fully saturated rings. The summed E-state index contributed by atoms with van der Waals surface area (Å²) in [7, 11) is 0. The third-order valence-electron chi connectivity index (χ3n) is 2.58. The fourth-order valence-electron chi connectivity index (χ4n) is 1.66. The molecule has 1 heterocycles. The van der Waals surface area contributed by atoms with Crippen LogP contribution >= 0.6 is 11.8 Å². The highest BCUT2D eigenvalue weighted by molar-refractivity contribution is 7.99. The second kappa shape index (κ2) is 6.68. The molecule has 0 aliphatic carbocycles. The number of thioether (sulfide) groups is 1. The Hall–Kier alpha value is 0.270. The predicted octanol–water partition coefficient (Wildman–Crippen LogP) is 1.49. The molecule has 78 valence electrons. The van der Waals surface area contributed by atoms with E-state index in [4.69, 9.17) is 5.11 Å². The van der Waals surface area contributed by atoms with E-state index in [1.165, 1.54) is 38.1 Å². The van der Waals surface area contributed by atoms with Gasteiger partial charge in [-0.2, -0.15) is 11.8 Å². The lowest BCUT2D eigenvalue weighted by Gasteiger charge is -2.22. The SMILES string of the molecule is CC(CO)SCCC1CCCNC1. The monoisotopic (exact) mass is 203 g/mol. The van der Waals surface area contributed by atoms with Crippen LogP contribution in [0.15, 0.2) is 0 Å². The average Bonchev–Trinajstić information content (AvgIpc) is 2.19. The summed E-state index contributed by atoms with van der Waals surface area (Å²) in [5.41, 5.74) is 0. The number of rotatable bonds is 5. The Bertz CT molecular complexity index is 126. The van der Waals surface area contributed by atoms with Gasteiger partial charge >= 0.3 is 0 Å². The zero-order valence-electron chi connectivity index (χ0n) is 8.46. The first kappa shape index (κ1) is 11.3. The summed E-state index contributed by atoms with van der Waals surface area (Å²) in [4.78, 5) is 0. The number of nitrogens with one attached hydrogen (secondary N) is 1. The molecule has 0 saturated carbocycles. The van der Waals surface area contributed by atoms with Crippen molar-refractivity contribution < 1.29 is 5.11 Å². The lowest BCUT2D eigenvalue weighted by Crippen LogP contribution is -2.30. The standard InChI is InChI=1S/C10H21NOS/c1-9(8-12)13-6-4-10-3-2-5-11-7-10/h9-12H,2-8H2,1H3. The van der Waals surface area contributed by atoms with E-state index in [2.05, 4.69) is 12.2 Å². The summed E-state index contributed by atoms with van der Waals surface area (Å²) in [5.74, 6) is 2.08. The largest absolute Gasteiger partial charge is 0.395 e. The zero-order chi connectivity index (χ0) is 9.52. The Kier molecular flexibility index (Phi) is 5.83. The van der Waals surface area contributed by atoms with Gasteiger partial charge in [0.2, 0.25) is 0 Å². The predicted molar refractivity (Wildman–Crippen MR) is 59.2 cm³/mol. The summed E-state index contributed by atoms with van der Waals surface area (Å²) in [6.07, 6.45) is 4.04. The normalized spacial score (nSPS) is 25.8. The third kappa shape index (κ3) is 4.89. The van der Waals surface area contributed by atoms with Crippen LogP contribution in [0.4, 0.5) is 0 Å². The Balaban J connectivity index is 1.98. The second-order valence-electron chi connectivity index (χ2n) is 3.87. The fraction of sp³-hybridized carbons (Fsp3) is 1.00. The fourth-order valence-corrected chi connectivity index (χ4v) is 2.64. The van der Waals surface area contributed by atoms with Crippen LogP contribution in [0.2, 0.25) is 0 Å². The number of hydrogen-bond donors (Lipinski definition) is 2. The topological polar surface area (TPSA) is 32.3 Å². The molecule has 0 radical (unpaired) electrons. The van der Waals surface area contributed by atoms with E-state index < -0.39 is 0 Å². The molecular weight excluding hydrogens is 182 g/mol. The summed E-state index contributed by atoms with van der Waals surface area (Å²) >= 11 is 1.89. The van der Waals surface area contributed by atoms with Gasteiger partial charge in [0.1, 0.15) is 0 Å². The summed E-state index contributed by atoms with van der Waals surface area (Å²) in [5, 5.41) is 12.7. The Labute approximate surface area is 85.5 Å². The molecule has 13 heavy (non-hydrogen) atoms. The van der Waals surface area contributed by atoms with E-state index in [1.54, 1.807) is 0 Å². The van der Waals surface area contributed by atoms with E-state index in [-0.39, 0.29) is 0 Å². The number of aliphatic hydroxyl groups is 1. The van der Waals surface area contributed by atoms with Crippen LogP contribution in [0, 0.1) is 5.92 Å². The summed E-state index contributed by atoms with van der Waals surface area (Å²) in [6, 6.07) is 0. The van der Waals surface area contributed by atoms with Gasteiger partial charge in [0.05, 0.1) is 6.61 Å². The first-order valence-corrected chi connectivity index (χ1v) is 6.31. The van der Waals surface area contributed by atoms with Gasteiger partial charge < -0.3 is 10.4 Å². The summed E-state index contributed by atoms with van der Waals surface area (Å²) in [6.45, 7) is 4.81. The van der Waals surface area contributed by atoms with E-state index in [1.807, 2.05) is 11.8 Å². The van der Waals surface area contributed by atoms with Crippen LogP contribution in [0.5, 0.6) is 0 Å². The molecule has 3 heteroatoms. The van der Waals surface area contributed by atoms with Crippen molar-refractivity contribution in [1.29, 1.82) is 0 Å². The minimum absolute atomic E-state index is 0.313. The first-order chi connectivity index (χ1) is 6.33. The van der Waals surface area contributed by atoms with Gasteiger partial charge in [0.25, 0.3) is 0 Å². The molecule has 0 aromatic heterocycles. The molecule has 0 spiro atoms. The molecule has 2 unspecified atom stereocenters. The molecule has 2 nitrogen and oxygen atoms in total. The molecule has 2 N–H and O–H groups in total. The number of hydrogen-bond acceptors (Lipinski definition) is 3. The van der Waals surface area contributed by atoms with Gasteiger partial charge in [-0.1, -0.05) is 6.92 Å². The lowest BCUT2D eigenvalue weighted by molar-refractivity contribution is 0.300. The van der Waals surface area contributed by atoms with Crippen LogP contribution < -0.4 is 5.32 Å².